The summed E-state index contributed by atoms with van der Waals surface area (Å²) in [7, 11) is 2.21. The lowest BCUT2D eigenvalue weighted by Crippen LogP contribution is -2.33. The summed E-state index contributed by atoms with van der Waals surface area (Å²) in [5, 5.41) is 4.25. The molecule has 162 valence electrons. The summed E-state index contributed by atoms with van der Waals surface area (Å²) in [4.78, 5) is 15.4. The fraction of sp³-hybridized carbons (Fsp3) is 0.444. The first kappa shape index (κ1) is 20.3. The molecule has 1 aromatic heterocycles. The minimum atomic E-state index is 0.0102. The SMILES string of the molecule is CN(Cc1ccccc1NC(=O)Cc1coc2cc3c(cc12)CCC3)C1CCCCC1. The number of anilines is 1. The Morgan fingerprint density at radius 3 is 2.65 bits per heavy atom. The number of aryl methyl sites for hydroxylation is 2. The number of nitrogens with zero attached hydrogens (tertiary/aromatic N) is 1. The van der Waals surface area contributed by atoms with Crippen LogP contribution in [0.5, 0.6) is 0 Å². The zero-order chi connectivity index (χ0) is 21.2. The molecule has 2 aliphatic carbocycles. The van der Waals surface area contributed by atoms with Gasteiger partial charge in [0.15, 0.2) is 0 Å². The number of hydrogen-bond acceptors (Lipinski definition) is 3. The standard InChI is InChI=1S/C27H32N2O2/c1-29(23-11-3-2-4-12-23)17-21-8-5-6-13-25(21)28-27(30)16-22-18-31-26-15-20-10-7-9-19(20)14-24(22)26/h5-6,8,13-15,18,23H,2-4,7,9-12,16-17H2,1H3,(H,28,30). The molecular formula is C27H32N2O2. The molecule has 1 amide bonds. The van der Waals surface area contributed by atoms with Gasteiger partial charge in [0.2, 0.25) is 5.91 Å². The second-order valence-corrected chi connectivity index (χ2v) is 9.32. The second-order valence-electron chi connectivity index (χ2n) is 9.32. The normalized spacial score (nSPS) is 16.7. The number of carbonyl (C=O) groups excluding carboxylic acids is 1. The highest BCUT2D eigenvalue weighted by Crippen LogP contribution is 2.31. The van der Waals surface area contributed by atoms with E-state index in [-0.39, 0.29) is 5.91 Å². The highest BCUT2D eigenvalue weighted by Gasteiger charge is 2.20. The summed E-state index contributed by atoms with van der Waals surface area (Å²) in [6.45, 7) is 0.863. The molecule has 1 fully saturated rings. The third kappa shape index (κ3) is 4.40. The molecule has 5 rings (SSSR count). The Bertz CT molecular complexity index is 1080. The maximum Gasteiger partial charge on any atom is 0.228 e. The molecule has 3 aromatic rings. The second kappa shape index (κ2) is 8.88. The Hall–Kier alpha value is -2.59. The van der Waals surface area contributed by atoms with Crippen LogP contribution in [0.15, 0.2) is 47.1 Å². The van der Waals surface area contributed by atoms with Crippen LogP contribution in [0.25, 0.3) is 11.0 Å². The molecule has 4 heteroatoms. The zero-order valence-electron chi connectivity index (χ0n) is 18.5. The molecule has 31 heavy (non-hydrogen) atoms. The van der Waals surface area contributed by atoms with Gasteiger partial charge in [-0.05, 0) is 74.0 Å². The van der Waals surface area contributed by atoms with Crippen molar-refractivity contribution in [2.45, 2.75) is 70.4 Å². The van der Waals surface area contributed by atoms with E-state index < -0.39 is 0 Å². The van der Waals surface area contributed by atoms with Crippen LogP contribution in [0.3, 0.4) is 0 Å². The summed E-state index contributed by atoms with van der Waals surface area (Å²) in [5.74, 6) is 0.0102. The molecule has 0 saturated heterocycles. The minimum Gasteiger partial charge on any atom is -0.464 e. The van der Waals surface area contributed by atoms with Gasteiger partial charge in [-0.3, -0.25) is 9.69 Å². The van der Waals surface area contributed by atoms with Gasteiger partial charge in [0.1, 0.15) is 5.58 Å². The first-order valence-corrected chi connectivity index (χ1v) is 11.8. The van der Waals surface area contributed by atoms with Crippen molar-refractivity contribution in [3.8, 4) is 0 Å². The van der Waals surface area contributed by atoms with Crippen molar-refractivity contribution in [3.05, 3.63) is 64.9 Å². The van der Waals surface area contributed by atoms with Gasteiger partial charge in [-0.25, -0.2) is 0 Å². The Morgan fingerprint density at radius 2 is 1.81 bits per heavy atom. The molecule has 0 radical (unpaired) electrons. The monoisotopic (exact) mass is 416 g/mol. The molecule has 0 aliphatic heterocycles. The third-order valence-electron chi connectivity index (χ3n) is 7.13. The van der Waals surface area contributed by atoms with E-state index >= 15 is 0 Å². The summed E-state index contributed by atoms with van der Waals surface area (Å²) >= 11 is 0. The van der Waals surface area contributed by atoms with Gasteiger partial charge in [-0.2, -0.15) is 0 Å². The molecule has 2 aliphatic rings. The van der Waals surface area contributed by atoms with Crippen molar-refractivity contribution in [1.82, 2.24) is 4.90 Å². The molecule has 4 nitrogen and oxygen atoms in total. The van der Waals surface area contributed by atoms with Crippen molar-refractivity contribution in [2.75, 3.05) is 12.4 Å². The maximum atomic E-state index is 12.9. The molecule has 0 spiro atoms. The number of para-hydroxylation sites is 1. The lowest BCUT2D eigenvalue weighted by Gasteiger charge is -2.31. The van der Waals surface area contributed by atoms with Crippen LogP contribution in [0.4, 0.5) is 5.69 Å². The average Bonchev–Trinajstić information content (AvgIpc) is 3.40. The topological polar surface area (TPSA) is 45.5 Å². The highest BCUT2D eigenvalue weighted by atomic mass is 16.3. The van der Waals surface area contributed by atoms with Crippen molar-refractivity contribution in [1.29, 1.82) is 0 Å². The Morgan fingerprint density at radius 1 is 1.03 bits per heavy atom. The van der Waals surface area contributed by atoms with E-state index in [0.29, 0.717) is 12.5 Å². The van der Waals surface area contributed by atoms with Crippen LogP contribution in [0.2, 0.25) is 0 Å². The van der Waals surface area contributed by atoms with E-state index in [9.17, 15) is 4.79 Å². The molecule has 0 unspecified atom stereocenters. The van der Waals surface area contributed by atoms with E-state index in [1.807, 2.05) is 12.1 Å². The molecule has 0 bridgehead atoms. The average molecular weight is 417 g/mol. The first-order valence-electron chi connectivity index (χ1n) is 11.8. The van der Waals surface area contributed by atoms with E-state index in [0.717, 1.165) is 41.6 Å². The van der Waals surface area contributed by atoms with Crippen LogP contribution in [0, 0.1) is 0 Å². The van der Waals surface area contributed by atoms with Gasteiger partial charge < -0.3 is 9.73 Å². The molecular weight excluding hydrogens is 384 g/mol. The summed E-state index contributed by atoms with van der Waals surface area (Å²) in [6.07, 6.45) is 12.1. The molecule has 1 N–H and O–H groups in total. The van der Waals surface area contributed by atoms with Gasteiger partial charge in [-0.1, -0.05) is 37.5 Å². The predicted molar refractivity (Wildman–Crippen MR) is 125 cm³/mol. The smallest absolute Gasteiger partial charge is 0.228 e. The number of nitrogens with one attached hydrogen (secondary N) is 1. The van der Waals surface area contributed by atoms with Gasteiger partial charge in [0, 0.05) is 29.2 Å². The van der Waals surface area contributed by atoms with E-state index in [1.165, 1.54) is 55.2 Å². The number of carbonyl (C=O) groups is 1. The van der Waals surface area contributed by atoms with Gasteiger partial charge in [0.25, 0.3) is 0 Å². The minimum absolute atomic E-state index is 0.0102. The molecule has 2 aromatic carbocycles. The Labute approximate surface area is 184 Å². The summed E-state index contributed by atoms with van der Waals surface area (Å²) in [6, 6.07) is 13.2. The zero-order valence-corrected chi connectivity index (χ0v) is 18.5. The Kier molecular flexibility index (Phi) is 5.82. The lowest BCUT2D eigenvalue weighted by atomic mass is 9.94. The van der Waals surface area contributed by atoms with Crippen molar-refractivity contribution in [3.63, 3.8) is 0 Å². The number of hydrogen-bond donors (Lipinski definition) is 1. The van der Waals surface area contributed by atoms with Crippen LogP contribution >= 0.6 is 0 Å². The van der Waals surface area contributed by atoms with E-state index in [2.05, 4.69) is 41.5 Å². The number of rotatable bonds is 6. The largest absolute Gasteiger partial charge is 0.464 e. The molecule has 1 heterocycles. The molecule has 1 saturated carbocycles. The lowest BCUT2D eigenvalue weighted by molar-refractivity contribution is -0.115. The van der Waals surface area contributed by atoms with Crippen molar-refractivity contribution >= 4 is 22.6 Å². The maximum absolute atomic E-state index is 12.9. The fourth-order valence-corrected chi connectivity index (χ4v) is 5.35. The van der Waals surface area contributed by atoms with Crippen molar-refractivity contribution in [2.24, 2.45) is 0 Å². The van der Waals surface area contributed by atoms with E-state index in [4.69, 9.17) is 4.42 Å². The number of furan rings is 1. The van der Waals surface area contributed by atoms with Crippen LogP contribution < -0.4 is 5.32 Å². The van der Waals surface area contributed by atoms with Gasteiger partial charge in [0.05, 0.1) is 12.7 Å². The van der Waals surface area contributed by atoms with Crippen LogP contribution in [-0.2, 0) is 30.6 Å². The number of amides is 1. The Balaban J connectivity index is 1.28. The predicted octanol–water partition coefficient (Wildman–Crippen LogP) is 5.87. The fourth-order valence-electron chi connectivity index (χ4n) is 5.35. The molecule has 0 atom stereocenters. The van der Waals surface area contributed by atoms with Crippen LogP contribution in [-0.4, -0.2) is 23.9 Å². The number of fused-ring (bicyclic) bond motifs is 2. The van der Waals surface area contributed by atoms with E-state index in [1.54, 1.807) is 6.26 Å². The quantitative estimate of drug-likeness (QED) is 0.547. The van der Waals surface area contributed by atoms with Gasteiger partial charge in [-0.15, -0.1) is 0 Å². The highest BCUT2D eigenvalue weighted by molar-refractivity contribution is 5.96. The van der Waals surface area contributed by atoms with Crippen molar-refractivity contribution < 1.29 is 9.21 Å². The summed E-state index contributed by atoms with van der Waals surface area (Å²) in [5.41, 5.74) is 6.78. The van der Waals surface area contributed by atoms with Gasteiger partial charge >= 0.3 is 0 Å². The third-order valence-corrected chi connectivity index (χ3v) is 7.13. The summed E-state index contributed by atoms with van der Waals surface area (Å²) < 4.78 is 5.78. The number of benzene rings is 2. The first-order chi connectivity index (χ1) is 15.2. The van der Waals surface area contributed by atoms with Crippen LogP contribution in [0.1, 0.15) is 60.8 Å².